The predicted octanol–water partition coefficient (Wildman–Crippen LogP) is 1.19. The lowest BCUT2D eigenvalue weighted by atomic mass is 10.1. The average Bonchev–Trinajstić information content (AvgIpc) is 2.17. The molecule has 1 rings (SSSR count). The van der Waals surface area contributed by atoms with Crippen LogP contribution in [0.15, 0.2) is 6.20 Å². The van der Waals surface area contributed by atoms with E-state index in [2.05, 4.69) is 9.72 Å². The highest BCUT2D eigenvalue weighted by Crippen LogP contribution is 2.34. The summed E-state index contributed by atoms with van der Waals surface area (Å²) in [6, 6.07) is 0. The van der Waals surface area contributed by atoms with Crippen LogP contribution in [0, 0.1) is 0 Å². The lowest BCUT2D eigenvalue weighted by Gasteiger charge is -2.11. The van der Waals surface area contributed by atoms with Gasteiger partial charge in [0.15, 0.2) is 0 Å². The fourth-order valence-corrected chi connectivity index (χ4v) is 1.14. The van der Waals surface area contributed by atoms with Gasteiger partial charge < -0.3 is 15.6 Å². The highest BCUT2D eigenvalue weighted by molar-refractivity contribution is 5.43. The highest BCUT2D eigenvalue weighted by atomic mass is 19.3. The Balaban J connectivity index is 3.36. The normalized spacial score (nSPS) is 10.6. The number of nitrogens with zero attached hydrogens (tertiary/aromatic N) is 1. The van der Waals surface area contributed by atoms with Gasteiger partial charge >= 0.3 is 0 Å². The Morgan fingerprint density at radius 1 is 1.64 bits per heavy atom. The van der Waals surface area contributed by atoms with Gasteiger partial charge in [0, 0.05) is 12.1 Å². The molecule has 78 valence electrons. The SMILES string of the molecule is COc1ncc(O)c(CN)c1C(F)F. The molecule has 4 nitrogen and oxygen atoms in total. The van der Waals surface area contributed by atoms with Crippen molar-refractivity contribution >= 4 is 0 Å². The molecule has 0 atom stereocenters. The molecule has 0 amide bonds. The molecule has 0 radical (unpaired) electrons. The van der Waals surface area contributed by atoms with Gasteiger partial charge in [-0.05, 0) is 0 Å². The minimum atomic E-state index is -2.77. The minimum Gasteiger partial charge on any atom is -0.506 e. The van der Waals surface area contributed by atoms with E-state index in [-0.39, 0.29) is 23.7 Å². The van der Waals surface area contributed by atoms with E-state index >= 15 is 0 Å². The van der Waals surface area contributed by atoms with E-state index in [1.807, 2.05) is 0 Å². The van der Waals surface area contributed by atoms with Crippen LogP contribution in [0.5, 0.6) is 11.6 Å². The molecular formula is C8H10F2N2O2. The van der Waals surface area contributed by atoms with Crippen LogP contribution in [0.3, 0.4) is 0 Å². The van der Waals surface area contributed by atoms with Crippen molar-refractivity contribution < 1.29 is 18.6 Å². The van der Waals surface area contributed by atoms with Crippen molar-refractivity contribution in [3.63, 3.8) is 0 Å². The third kappa shape index (κ3) is 1.74. The van der Waals surface area contributed by atoms with Gasteiger partial charge in [-0.25, -0.2) is 13.8 Å². The topological polar surface area (TPSA) is 68.4 Å². The maximum atomic E-state index is 12.6. The van der Waals surface area contributed by atoms with E-state index in [1.54, 1.807) is 0 Å². The number of aromatic nitrogens is 1. The molecule has 3 N–H and O–H groups in total. The van der Waals surface area contributed by atoms with E-state index in [0.29, 0.717) is 0 Å². The molecule has 1 aromatic rings. The van der Waals surface area contributed by atoms with Gasteiger partial charge in [-0.2, -0.15) is 0 Å². The van der Waals surface area contributed by atoms with Crippen molar-refractivity contribution in [2.75, 3.05) is 7.11 Å². The summed E-state index contributed by atoms with van der Waals surface area (Å²) in [5, 5.41) is 9.23. The molecule has 0 aliphatic carbocycles. The number of halogens is 2. The number of hydrogen-bond acceptors (Lipinski definition) is 4. The molecule has 0 aliphatic heterocycles. The number of nitrogens with two attached hydrogens (primary N) is 1. The second-order valence-electron chi connectivity index (χ2n) is 2.55. The lowest BCUT2D eigenvalue weighted by Crippen LogP contribution is -2.06. The smallest absolute Gasteiger partial charge is 0.269 e. The fourth-order valence-electron chi connectivity index (χ4n) is 1.14. The molecule has 0 aromatic carbocycles. The van der Waals surface area contributed by atoms with Crippen LogP contribution in [-0.4, -0.2) is 17.2 Å². The molecular weight excluding hydrogens is 194 g/mol. The molecule has 1 heterocycles. The fraction of sp³-hybridized carbons (Fsp3) is 0.375. The van der Waals surface area contributed by atoms with Crippen LogP contribution >= 0.6 is 0 Å². The number of ether oxygens (including phenoxy) is 1. The zero-order valence-electron chi connectivity index (χ0n) is 7.50. The largest absolute Gasteiger partial charge is 0.506 e. The van der Waals surface area contributed by atoms with Crippen LogP contribution in [0.2, 0.25) is 0 Å². The summed E-state index contributed by atoms with van der Waals surface area (Å²) in [5.74, 6) is -0.554. The standard InChI is InChI=1S/C8H10F2N2O2/c1-14-8-6(7(9)10)4(2-11)5(13)3-12-8/h3,7,13H,2,11H2,1H3. The molecule has 0 saturated heterocycles. The summed E-state index contributed by atoms with van der Waals surface area (Å²) in [6.07, 6.45) is -1.74. The minimum absolute atomic E-state index is 0.0353. The van der Waals surface area contributed by atoms with Crippen molar-refractivity contribution in [3.05, 3.63) is 17.3 Å². The first-order valence-electron chi connectivity index (χ1n) is 3.84. The molecule has 0 bridgehead atoms. The summed E-state index contributed by atoms with van der Waals surface area (Å²) in [5.41, 5.74) is 4.75. The summed E-state index contributed by atoms with van der Waals surface area (Å²) < 4.78 is 29.8. The van der Waals surface area contributed by atoms with E-state index in [0.717, 1.165) is 6.20 Å². The van der Waals surface area contributed by atoms with E-state index in [1.165, 1.54) is 7.11 Å². The van der Waals surface area contributed by atoms with Crippen LogP contribution < -0.4 is 10.5 Å². The summed E-state index contributed by atoms with van der Waals surface area (Å²) in [4.78, 5) is 3.52. The molecule has 0 aliphatic rings. The van der Waals surface area contributed by atoms with Gasteiger partial charge in [-0.15, -0.1) is 0 Å². The van der Waals surface area contributed by atoms with Gasteiger partial charge in [-0.3, -0.25) is 0 Å². The van der Waals surface area contributed by atoms with E-state index in [4.69, 9.17) is 5.73 Å². The first-order chi connectivity index (χ1) is 6.61. The van der Waals surface area contributed by atoms with Crippen LogP contribution in [-0.2, 0) is 6.54 Å². The zero-order valence-corrected chi connectivity index (χ0v) is 7.50. The maximum absolute atomic E-state index is 12.6. The molecule has 0 fully saturated rings. The number of hydrogen-bond donors (Lipinski definition) is 2. The Bertz CT molecular complexity index is 331. The second-order valence-corrected chi connectivity index (χ2v) is 2.55. The Morgan fingerprint density at radius 3 is 2.71 bits per heavy atom. The van der Waals surface area contributed by atoms with Crippen LogP contribution in [0.1, 0.15) is 17.6 Å². The third-order valence-electron chi connectivity index (χ3n) is 1.78. The van der Waals surface area contributed by atoms with E-state index in [9.17, 15) is 13.9 Å². The summed E-state index contributed by atoms with van der Waals surface area (Å²) >= 11 is 0. The predicted molar refractivity (Wildman–Crippen MR) is 45.3 cm³/mol. The highest BCUT2D eigenvalue weighted by Gasteiger charge is 2.22. The lowest BCUT2D eigenvalue weighted by molar-refractivity contribution is 0.144. The third-order valence-corrected chi connectivity index (χ3v) is 1.78. The number of alkyl halides is 2. The number of aromatic hydroxyl groups is 1. The molecule has 14 heavy (non-hydrogen) atoms. The maximum Gasteiger partial charge on any atom is 0.269 e. The Hall–Kier alpha value is -1.43. The Labute approximate surface area is 79.3 Å². The van der Waals surface area contributed by atoms with Gasteiger partial charge in [0.05, 0.1) is 18.9 Å². The van der Waals surface area contributed by atoms with Gasteiger partial charge in [-0.1, -0.05) is 0 Å². The molecule has 0 spiro atoms. The number of pyridine rings is 1. The zero-order chi connectivity index (χ0) is 10.7. The quantitative estimate of drug-likeness (QED) is 0.776. The van der Waals surface area contributed by atoms with Crippen molar-refractivity contribution in [2.45, 2.75) is 13.0 Å². The summed E-state index contributed by atoms with van der Waals surface area (Å²) in [6.45, 7) is -0.190. The monoisotopic (exact) mass is 204 g/mol. The van der Waals surface area contributed by atoms with Crippen LogP contribution in [0.25, 0.3) is 0 Å². The molecule has 0 unspecified atom stereocenters. The van der Waals surface area contributed by atoms with Gasteiger partial charge in [0.25, 0.3) is 6.43 Å². The molecule has 1 aromatic heterocycles. The van der Waals surface area contributed by atoms with Crippen molar-refractivity contribution in [1.29, 1.82) is 0 Å². The average molecular weight is 204 g/mol. The van der Waals surface area contributed by atoms with Gasteiger partial charge in [0.2, 0.25) is 5.88 Å². The number of methoxy groups -OCH3 is 1. The Morgan fingerprint density at radius 2 is 2.29 bits per heavy atom. The first-order valence-corrected chi connectivity index (χ1v) is 3.84. The second kappa shape index (κ2) is 4.19. The van der Waals surface area contributed by atoms with Crippen molar-refractivity contribution in [1.82, 2.24) is 4.98 Å². The van der Waals surface area contributed by atoms with Crippen LogP contribution in [0.4, 0.5) is 8.78 Å². The van der Waals surface area contributed by atoms with Crippen molar-refractivity contribution in [2.24, 2.45) is 5.73 Å². The van der Waals surface area contributed by atoms with Gasteiger partial charge in [0.1, 0.15) is 5.75 Å². The number of rotatable bonds is 3. The first kappa shape index (κ1) is 10.6. The Kier molecular flexibility index (Phi) is 3.19. The van der Waals surface area contributed by atoms with Crippen molar-refractivity contribution in [3.8, 4) is 11.6 Å². The summed E-state index contributed by atoms with van der Waals surface area (Å²) in [7, 11) is 1.23. The van der Waals surface area contributed by atoms with E-state index < -0.39 is 12.0 Å². The molecule has 6 heteroatoms. The molecule has 0 saturated carbocycles.